The Hall–Kier alpha value is -1.26. The lowest BCUT2D eigenvalue weighted by Gasteiger charge is -2.36. The summed E-state index contributed by atoms with van der Waals surface area (Å²) >= 11 is 0. The molecule has 0 aromatic heterocycles. The van der Waals surface area contributed by atoms with Gasteiger partial charge in [0.15, 0.2) is 0 Å². The van der Waals surface area contributed by atoms with Gasteiger partial charge in [-0.2, -0.15) is 0 Å². The van der Waals surface area contributed by atoms with Gasteiger partial charge >= 0.3 is 12.0 Å². The van der Waals surface area contributed by atoms with Crippen LogP contribution in [0.25, 0.3) is 0 Å². The van der Waals surface area contributed by atoms with Crippen molar-refractivity contribution in [3.8, 4) is 0 Å². The minimum Gasteiger partial charge on any atom is -0.480 e. The van der Waals surface area contributed by atoms with Crippen molar-refractivity contribution in [1.29, 1.82) is 0 Å². The summed E-state index contributed by atoms with van der Waals surface area (Å²) in [5.74, 6) is -0.130. The molecule has 1 heterocycles. The van der Waals surface area contributed by atoms with E-state index in [9.17, 15) is 9.59 Å². The van der Waals surface area contributed by atoms with Gasteiger partial charge in [-0.15, -0.1) is 0 Å². The molecule has 2 fully saturated rings. The fourth-order valence-corrected chi connectivity index (χ4v) is 3.24. The normalized spacial score (nSPS) is 31.3. The second kappa shape index (κ2) is 5.80. The molecule has 2 rings (SSSR count). The summed E-state index contributed by atoms with van der Waals surface area (Å²) < 4.78 is 0. The summed E-state index contributed by atoms with van der Waals surface area (Å²) in [5.41, 5.74) is 0. The van der Waals surface area contributed by atoms with Crippen LogP contribution in [0.5, 0.6) is 0 Å². The third-order valence-corrected chi connectivity index (χ3v) is 4.62. The van der Waals surface area contributed by atoms with E-state index in [1.54, 1.807) is 4.90 Å². The number of carboxylic acids is 1. The van der Waals surface area contributed by atoms with Gasteiger partial charge in [-0.05, 0) is 44.4 Å². The first kappa shape index (κ1) is 14.2. The number of nitrogens with zero attached hydrogens (tertiary/aromatic N) is 2. The number of carboxylic acid groups (broad SMARTS) is 1. The Morgan fingerprint density at radius 1 is 1.16 bits per heavy atom. The molecule has 2 amide bonds. The summed E-state index contributed by atoms with van der Waals surface area (Å²) in [5, 5.41) is 9.15. The predicted octanol–water partition coefficient (Wildman–Crippen LogP) is 2.17. The molecule has 1 saturated carbocycles. The molecular formula is C14H24N2O3. The predicted molar refractivity (Wildman–Crippen MR) is 71.9 cm³/mol. The fourth-order valence-electron chi connectivity index (χ4n) is 3.24. The van der Waals surface area contributed by atoms with Gasteiger partial charge < -0.3 is 14.9 Å². The minimum absolute atomic E-state index is 0.107. The molecule has 1 aliphatic carbocycles. The zero-order valence-electron chi connectivity index (χ0n) is 11.8. The average molecular weight is 268 g/mol. The van der Waals surface area contributed by atoms with E-state index in [2.05, 4.69) is 6.92 Å². The lowest BCUT2D eigenvalue weighted by Crippen LogP contribution is -2.50. The van der Waals surface area contributed by atoms with Gasteiger partial charge in [-0.25, -0.2) is 9.59 Å². The lowest BCUT2D eigenvalue weighted by atomic mass is 9.87. The summed E-state index contributed by atoms with van der Waals surface area (Å²) in [4.78, 5) is 26.9. The summed E-state index contributed by atoms with van der Waals surface area (Å²) in [7, 11) is 1.82. The smallest absolute Gasteiger partial charge is 0.326 e. The quantitative estimate of drug-likeness (QED) is 0.835. The highest BCUT2D eigenvalue weighted by Gasteiger charge is 2.37. The SMILES string of the molecule is CC1CCC(N(C)C(=O)N2CCC[C@H]2C(=O)O)CC1. The van der Waals surface area contributed by atoms with Crippen molar-refractivity contribution in [2.75, 3.05) is 13.6 Å². The molecule has 0 aromatic rings. The monoisotopic (exact) mass is 268 g/mol. The number of amides is 2. The molecule has 5 heteroatoms. The molecule has 0 unspecified atom stereocenters. The van der Waals surface area contributed by atoms with E-state index in [0.717, 1.165) is 38.0 Å². The molecule has 19 heavy (non-hydrogen) atoms. The third kappa shape index (κ3) is 3.01. The number of carbonyl (C=O) groups excluding carboxylic acids is 1. The topological polar surface area (TPSA) is 60.9 Å². The van der Waals surface area contributed by atoms with Gasteiger partial charge in [-0.3, -0.25) is 0 Å². The Morgan fingerprint density at radius 3 is 2.37 bits per heavy atom. The number of urea groups is 1. The first-order valence-corrected chi connectivity index (χ1v) is 7.27. The summed E-state index contributed by atoms with van der Waals surface area (Å²) in [6.07, 6.45) is 5.76. The van der Waals surface area contributed by atoms with Crippen molar-refractivity contribution in [2.24, 2.45) is 5.92 Å². The fraction of sp³-hybridized carbons (Fsp3) is 0.857. The van der Waals surface area contributed by atoms with Crippen molar-refractivity contribution < 1.29 is 14.7 Å². The van der Waals surface area contributed by atoms with Crippen molar-refractivity contribution in [2.45, 2.75) is 57.5 Å². The van der Waals surface area contributed by atoms with Crippen LogP contribution in [0, 0.1) is 5.92 Å². The van der Waals surface area contributed by atoms with E-state index >= 15 is 0 Å². The maximum absolute atomic E-state index is 12.4. The van der Waals surface area contributed by atoms with Gasteiger partial charge in [0.1, 0.15) is 6.04 Å². The second-order valence-corrected chi connectivity index (χ2v) is 6.00. The van der Waals surface area contributed by atoms with Crippen molar-refractivity contribution in [1.82, 2.24) is 9.80 Å². The Balaban J connectivity index is 1.96. The van der Waals surface area contributed by atoms with Gasteiger partial charge in [0, 0.05) is 19.6 Å². The number of rotatable bonds is 2. The Morgan fingerprint density at radius 2 is 1.79 bits per heavy atom. The first-order chi connectivity index (χ1) is 9.00. The van der Waals surface area contributed by atoms with E-state index in [-0.39, 0.29) is 12.1 Å². The number of hydrogen-bond donors (Lipinski definition) is 1. The lowest BCUT2D eigenvalue weighted by molar-refractivity contribution is -0.141. The third-order valence-electron chi connectivity index (χ3n) is 4.62. The maximum atomic E-state index is 12.4. The molecule has 1 aliphatic heterocycles. The molecular weight excluding hydrogens is 244 g/mol. The molecule has 0 radical (unpaired) electrons. The number of aliphatic carboxylic acids is 1. The average Bonchev–Trinajstić information content (AvgIpc) is 2.87. The van der Waals surface area contributed by atoms with Crippen molar-refractivity contribution >= 4 is 12.0 Å². The van der Waals surface area contributed by atoms with E-state index in [4.69, 9.17) is 5.11 Å². The van der Waals surface area contributed by atoms with Crippen LogP contribution >= 0.6 is 0 Å². The molecule has 2 aliphatic rings. The first-order valence-electron chi connectivity index (χ1n) is 7.27. The van der Waals surface area contributed by atoms with Crippen LogP contribution < -0.4 is 0 Å². The molecule has 1 saturated heterocycles. The Bertz CT molecular complexity index is 351. The standard InChI is InChI=1S/C14H24N2O3/c1-10-5-7-11(8-6-10)15(2)14(19)16-9-3-4-12(16)13(17)18/h10-12H,3-9H2,1-2H3,(H,17,18)/t10?,11?,12-/m0/s1. The number of likely N-dealkylation sites (tertiary alicyclic amines) is 1. The van der Waals surface area contributed by atoms with Crippen molar-refractivity contribution in [3.05, 3.63) is 0 Å². The molecule has 0 spiro atoms. The van der Waals surface area contributed by atoms with E-state index in [1.165, 1.54) is 4.90 Å². The van der Waals surface area contributed by atoms with Crippen LogP contribution in [-0.2, 0) is 4.79 Å². The highest BCUT2D eigenvalue weighted by Crippen LogP contribution is 2.28. The van der Waals surface area contributed by atoms with E-state index < -0.39 is 12.0 Å². The highest BCUT2D eigenvalue weighted by molar-refractivity contribution is 5.83. The van der Waals surface area contributed by atoms with Gasteiger partial charge in [0.25, 0.3) is 0 Å². The zero-order chi connectivity index (χ0) is 14.0. The van der Waals surface area contributed by atoms with Crippen LogP contribution in [0.1, 0.15) is 45.4 Å². The minimum atomic E-state index is -0.878. The summed E-state index contributed by atoms with van der Waals surface area (Å²) in [6, 6.07) is -0.458. The van der Waals surface area contributed by atoms with Gasteiger partial charge in [0.05, 0.1) is 0 Å². The molecule has 5 nitrogen and oxygen atoms in total. The zero-order valence-corrected chi connectivity index (χ0v) is 11.8. The number of hydrogen-bond acceptors (Lipinski definition) is 2. The van der Waals surface area contributed by atoms with Crippen LogP contribution in [-0.4, -0.2) is 52.6 Å². The maximum Gasteiger partial charge on any atom is 0.326 e. The molecule has 1 atom stereocenters. The van der Waals surface area contributed by atoms with E-state index in [1.807, 2.05) is 7.05 Å². The van der Waals surface area contributed by atoms with Crippen LogP contribution in [0.3, 0.4) is 0 Å². The van der Waals surface area contributed by atoms with E-state index in [0.29, 0.717) is 13.0 Å². The Labute approximate surface area is 114 Å². The van der Waals surface area contributed by atoms with Crippen molar-refractivity contribution in [3.63, 3.8) is 0 Å². The van der Waals surface area contributed by atoms with Gasteiger partial charge in [0.2, 0.25) is 0 Å². The molecule has 108 valence electrons. The summed E-state index contributed by atoms with van der Waals surface area (Å²) in [6.45, 7) is 2.82. The Kier molecular flexibility index (Phi) is 4.32. The van der Waals surface area contributed by atoms with Gasteiger partial charge in [-0.1, -0.05) is 6.92 Å². The molecule has 0 aromatic carbocycles. The van der Waals surface area contributed by atoms with Crippen LogP contribution in [0.4, 0.5) is 4.79 Å². The largest absolute Gasteiger partial charge is 0.480 e. The highest BCUT2D eigenvalue weighted by atomic mass is 16.4. The molecule has 0 bridgehead atoms. The van der Waals surface area contributed by atoms with Crippen LogP contribution in [0.2, 0.25) is 0 Å². The van der Waals surface area contributed by atoms with Crippen LogP contribution in [0.15, 0.2) is 0 Å². The number of carbonyl (C=O) groups is 2. The molecule has 1 N–H and O–H groups in total. The second-order valence-electron chi connectivity index (χ2n) is 6.00.